The third-order valence-electron chi connectivity index (χ3n) is 5.92. The summed E-state index contributed by atoms with van der Waals surface area (Å²) in [6.07, 6.45) is 17.5. The summed E-state index contributed by atoms with van der Waals surface area (Å²) >= 11 is 0. The molecule has 3 atom stereocenters. The maximum absolute atomic E-state index is 12.3. The van der Waals surface area contributed by atoms with Gasteiger partial charge in [-0.05, 0) is 38.5 Å². The van der Waals surface area contributed by atoms with Gasteiger partial charge in [0.05, 0.1) is 19.8 Å². The Morgan fingerprint density at radius 3 is 1.90 bits per heavy atom. The molecule has 0 aromatic heterocycles. The molecule has 0 radical (unpaired) electrons. The zero-order chi connectivity index (χ0) is 29.2. The SMILES string of the molecule is CCCCCCC/C=C\CCCCCCCC(=O)OC(COC(=O)CCCC)COP(=O)(O)OCC(O)CO. The number of allylic oxidation sites excluding steroid dienone is 2. The molecule has 0 amide bonds. The van der Waals surface area contributed by atoms with Crippen LogP contribution in [0.3, 0.4) is 0 Å². The van der Waals surface area contributed by atoms with Crippen LogP contribution in [-0.2, 0) is 32.7 Å². The summed E-state index contributed by atoms with van der Waals surface area (Å²) in [7, 11) is -4.58. The number of ether oxygens (including phenoxy) is 2. The lowest BCUT2D eigenvalue weighted by Crippen LogP contribution is -2.29. The Morgan fingerprint density at radius 1 is 0.744 bits per heavy atom. The number of phosphoric acid groups is 1. The predicted molar refractivity (Wildman–Crippen MR) is 150 cm³/mol. The Labute approximate surface area is 235 Å². The van der Waals surface area contributed by atoms with Crippen molar-refractivity contribution in [3.8, 4) is 0 Å². The summed E-state index contributed by atoms with van der Waals surface area (Å²) in [4.78, 5) is 33.9. The number of hydrogen-bond donors (Lipinski definition) is 3. The number of esters is 2. The zero-order valence-corrected chi connectivity index (χ0v) is 25.0. The van der Waals surface area contributed by atoms with E-state index in [2.05, 4.69) is 23.6 Å². The second-order valence-electron chi connectivity index (χ2n) is 9.78. The Bertz CT molecular complexity index is 685. The molecule has 0 aliphatic rings. The average Bonchev–Trinajstić information content (AvgIpc) is 2.92. The van der Waals surface area contributed by atoms with Crippen molar-refractivity contribution in [3.63, 3.8) is 0 Å². The molecular weight excluding hydrogens is 527 g/mol. The van der Waals surface area contributed by atoms with E-state index >= 15 is 0 Å². The minimum absolute atomic E-state index is 0.175. The number of rotatable bonds is 27. The van der Waals surface area contributed by atoms with Gasteiger partial charge in [0.15, 0.2) is 6.10 Å². The van der Waals surface area contributed by atoms with E-state index in [1.54, 1.807) is 0 Å². The number of carbonyl (C=O) groups is 2. The average molecular weight is 581 g/mol. The molecule has 0 saturated carbocycles. The van der Waals surface area contributed by atoms with E-state index in [0.29, 0.717) is 12.8 Å². The van der Waals surface area contributed by atoms with Gasteiger partial charge in [0.25, 0.3) is 0 Å². The predicted octanol–water partition coefficient (Wildman–Crippen LogP) is 5.77. The van der Waals surface area contributed by atoms with E-state index in [1.165, 1.54) is 32.1 Å². The first-order valence-corrected chi connectivity index (χ1v) is 16.1. The Kier molecular flexibility index (Phi) is 24.8. The third kappa shape index (κ3) is 25.4. The van der Waals surface area contributed by atoms with Gasteiger partial charge in [-0.1, -0.05) is 77.4 Å². The molecule has 11 heteroatoms. The fourth-order valence-corrected chi connectivity index (χ4v) is 4.34. The van der Waals surface area contributed by atoms with Gasteiger partial charge < -0.3 is 24.6 Å². The smallest absolute Gasteiger partial charge is 0.462 e. The molecule has 0 bridgehead atoms. The summed E-state index contributed by atoms with van der Waals surface area (Å²) in [6, 6.07) is 0. The van der Waals surface area contributed by atoms with E-state index in [9.17, 15) is 24.2 Å². The summed E-state index contributed by atoms with van der Waals surface area (Å²) in [5, 5.41) is 18.0. The van der Waals surface area contributed by atoms with Crippen LogP contribution in [0.4, 0.5) is 0 Å². The second-order valence-corrected chi connectivity index (χ2v) is 11.2. The zero-order valence-electron chi connectivity index (χ0n) is 24.1. The maximum atomic E-state index is 12.3. The monoisotopic (exact) mass is 580 g/mol. The topological polar surface area (TPSA) is 149 Å². The van der Waals surface area contributed by atoms with Crippen LogP contribution in [0.1, 0.15) is 117 Å². The lowest BCUT2D eigenvalue weighted by atomic mass is 10.1. The Hall–Kier alpha value is -1.29. The second kappa shape index (κ2) is 25.7. The van der Waals surface area contributed by atoms with Crippen molar-refractivity contribution in [2.75, 3.05) is 26.4 Å². The summed E-state index contributed by atoms with van der Waals surface area (Å²) in [6.45, 7) is 2.04. The highest BCUT2D eigenvalue weighted by atomic mass is 31.2. The Morgan fingerprint density at radius 2 is 1.28 bits per heavy atom. The van der Waals surface area contributed by atoms with Crippen molar-refractivity contribution < 1.29 is 47.8 Å². The van der Waals surface area contributed by atoms with Crippen LogP contribution in [0.5, 0.6) is 0 Å². The van der Waals surface area contributed by atoms with Crippen molar-refractivity contribution in [3.05, 3.63) is 12.2 Å². The van der Waals surface area contributed by atoms with Crippen LogP contribution in [0.2, 0.25) is 0 Å². The van der Waals surface area contributed by atoms with Crippen molar-refractivity contribution in [2.24, 2.45) is 0 Å². The van der Waals surface area contributed by atoms with Crippen LogP contribution < -0.4 is 0 Å². The molecular formula is C28H53O10P. The number of aliphatic hydroxyl groups is 2. The van der Waals surface area contributed by atoms with Gasteiger partial charge in [-0.15, -0.1) is 0 Å². The number of carbonyl (C=O) groups excluding carboxylic acids is 2. The molecule has 0 aliphatic carbocycles. The molecule has 3 N–H and O–H groups in total. The first kappa shape index (κ1) is 37.7. The fraction of sp³-hybridized carbons (Fsp3) is 0.857. The van der Waals surface area contributed by atoms with E-state index in [0.717, 1.165) is 44.9 Å². The van der Waals surface area contributed by atoms with E-state index < -0.39 is 51.8 Å². The Balaban J connectivity index is 4.28. The minimum Gasteiger partial charge on any atom is -0.462 e. The van der Waals surface area contributed by atoms with Gasteiger partial charge in [0, 0.05) is 12.8 Å². The van der Waals surface area contributed by atoms with E-state index in [1.807, 2.05) is 6.92 Å². The quantitative estimate of drug-likeness (QED) is 0.0473. The molecule has 0 aromatic carbocycles. The van der Waals surface area contributed by atoms with Crippen LogP contribution in [-0.4, -0.2) is 65.7 Å². The molecule has 0 heterocycles. The van der Waals surface area contributed by atoms with Crippen molar-refractivity contribution >= 4 is 19.8 Å². The van der Waals surface area contributed by atoms with Gasteiger partial charge in [-0.3, -0.25) is 18.6 Å². The standard InChI is InChI=1S/C28H53O10P/c1-3-5-7-8-9-10-11-12-13-14-15-16-17-18-20-28(32)38-26(23-35-27(31)19-6-4-2)24-37-39(33,34)36-22-25(30)21-29/h11-12,25-26,29-30H,3-10,13-24H2,1-2H3,(H,33,34)/b12-11-. The highest BCUT2D eigenvalue weighted by molar-refractivity contribution is 7.47. The summed E-state index contributed by atoms with van der Waals surface area (Å²) in [5.74, 6) is -0.978. The third-order valence-corrected chi connectivity index (χ3v) is 6.87. The van der Waals surface area contributed by atoms with Gasteiger partial charge in [-0.25, -0.2) is 4.57 Å². The molecule has 0 fully saturated rings. The first-order chi connectivity index (χ1) is 18.7. The van der Waals surface area contributed by atoms with Crippen molar-refractivity contribution in [1.82, 2.24) is 0 Å². The van der Waals surface area contributed by atoms with E-state index in [-0.39, 0.29) is 19.4 Å². The van der Waals surface area contributed by atoms with Crippen LogP contribution in [0.25, 0.3) is 0 Å². The van der Waals surface area contributed by atoms with E-state index in [4.69, 9.17) is 19.1 Å². The molecule has 230 valence electrons. The molecule has 0 saturated heterocycles. The van der Waals surface area contributed by atoms with Gasteiger partial charge >= 0.3 is 19.8 Å². The first-order valence-electron chi connectivity index (χ1n) is 14.6. The van der Waals surface area contributed by atoms with Gasteiger partial charge in [0.2, 0.25) is 0 Å². The van der Waals surface area contributed by atoms with Gasteiger partial charge in [0.1, 0.15) is 12.7 Å². The molecule has 10 nitrogen and oxygen atoms in total. The molecule has 0 spiro atoms. The highest BCUT2D eigenvalue weighted by Crippen LogP contribution is 2.43. The molecule has 39 heavy (non-hydrogen) atoms. The lowest BCUT2D eigenvalue weighted by Gasteiger charge is -2.20. The summed E-state index contributed by atoms with van der Waals surface area (Å²) in [5.41, 5.74) is 0. The fourth-order valence-electron chi connectivity index (χ4n) is 3.55. The highest BCUT2D eigenvalue weighted by Gasteiger charge is 2.27. The number of hydrogen-bond acceptors (Lipinski definition) is 9. The lowest BCUT2D eigenvalue weighted by molar-refractivity contribution is -0.161. The molecule has 3 unspecified atom stereocenters. The molecule has 0 aliphatic heterocycles. The number of aliphatic hydroxyl groups excluding tert-OH is 2. The van der Waals surface area contributed by atoms with Crippen LogP contribution >= 0.6 is 7.82 Å². The van der Waals surface area contributed by atoms with Gasteiger partial charge in [-0.2, -0.15) is 0 Å². The molecule has 0 aromatic rings. The largest absolute Gasteiger partial charge is 0.472 e. The minimum atomic E-state index is -4.58. The van der Waals surface area contributed by atoms with Crippen molar-refractivity contribution in [1.29, 1.82) is 0 Å². The normalized spacial score (nSPS) is 14.7. The summed E-state index contributed by atoms with van der Waals surface area (Å²) < 4.78 is 31.9. The van der Waals surface area contributed by atoms with Crippen LogP contribution in [0.15, 0.2) is 12.2 Å². The molecule has 0 rings (SSSR count). The van der Waals surface area contributed by atoms with Crippen molar-refractivity contribution in [2.45, 2.75) is 129 Å². The van der Waals surface area contributed by atoms with Crippen LogP contribution in [0, 0.1) is 0 Å². The number of phosphoric ester groups is 1. The number of unbranched alkanes of at least 4 members (excludes halogenated alkanes) is 11. The maximum Gasteiger partial charge on any atom is 0.472 e.